The van der Waals surface area contributed by atoms with Gasteiger partial charge in [-0.3, -0.25) is 4.79 Å². The molecule has 0 bridgehead atoms. The number of hydrogen-bond acceptors (Lipinski definition) is 2. The van der Waals surface area contributed by atoms with Crippen LogP contribution in [0.4, 0.5) is 14.5 Å². The van der Waals surface area contributed by atoms with Crippen molar-refractivity contribution in [3.05, 3.63) is 28.3 Å². The quantitative estimate of drug-likeness (QED) is 0.614. The van der Waals surface area contributed by atoms with Crippen LogP contribution in [0.2, 0.25) is 5.02 Å². The molecule has 0 spiro atoms. The Balaban J connectivity index is 3.50. The highest BCUT2D eigenvalue weighted by Crippen LogP contribution is 2.33. The first kappa shape index (κ1) is 10.9. The average molecular weight is 220 g/mol. The average Bonchev–Trinajstić information content (AvgIpc) is 2.07. The lowest BCUT2D eigenvalue weighted by atomic mass is 10.0. The van der Waals surface area contributed by atoms with Crippen LogP contribution in [0.1, 0.15) is 29.3 Å². The smallest absolute Gasteiger partial charge is 0.266 e. The van der Waals surface area contributed by atoms with E-state index in [-0.39, 0.29) is 16.3 Å². The minimum absolute atomic E-state index is 0.00185. The number of benzene rings is 1. The van der Waals surface area contributed by atoms with Crippen LogP contribution >= 0.6 is 11.6 Å². The Labute approximate surface area is 84.7 Å². The van der Waals surface area contributed by atoms with Crippen LogP contribution in [0.5, 0.6) is 0 Å². The molecule has 0 fully saturated rings. The van der Waals surface area contributed by atoms with Crippen LogP contribution < -0.4 is 5.73 Å². The highest BCUT2D eigenvalue weighted by atomic mass is 35.5. The van der Waals surface area contributed by atoms with E-state index < -0.39 is 17.8 Å². The number of ketones is 1. The second-order valence-electron chi connectivity index (χ2n) is 2.78. The maximum atomic E-state index is 12.5. The molecule has 0 aliphatic rings. The van der Waals surface area contributed by atoms with E-state index in [0.29, 0.717) is 0 Å². The third-order valence-electron chi connectivity index (χ3n) is 1.80. The van der Waals surface area contributed by atoms with Crippen LogP contribution in [0.25, 0.3) is 0 Å². The highest BCUT2D eigenvalue weighted by Gasteiger charge is 2.21. The van der Waals surface area contributed by atoms with Gasteiger partial charge in [-0.1, -0.05) is 11.6 Å². The van der Waals surface area contributed by atoms with Gasteiger partial charge in [-0.2, -0.15) is 0 Å². The Hall–Kier alpha value is -1.16. The lowest BCUT2D eigenvalue weighted by Gasteiger charge is -2.10. The molecule has 5 heteroatoms. The molecule has 0 saturated heterocycles. The van der Waals surface area contributed by atoms with Crippen LogP contribution in [0.3, 0.4) is 0 Å². The molecule has 0 saturated carbocycles. The van der Waals surface area contributed by atoms with Crippen molar-refractivity contribution >= 4 is 23.1 Å². The molecule has 2 N–H and O–H groups in total. The Morgan fingerprint density at radius 1 is 1.50 bits per heavy atom. The minimum Gasteiger partial charge on any atom is -0.398 e. The van der Waals surface area contributed by atoms with Crippen molar-refractivity contribution in [2.75, 3.05) is 5.73 Å². The number of hydrogen-bond donors (Lipinski definition) is 1. The van der Waals surface area contributed by atoms with Gasteiger partial charge in [0.25, 0.3) is 6.43 Å². The fourth-order valence-electron chi connectivity index (χ4n) is 1.20. The van der Waals surface area contributed by atoms with Gasteiger partial charge in [0.2, 0.25) is 0 Å². The topological polar surface area (TPSA) is 43.1 Å². The summed E-state index contributed by atoms with van der Waals surface area (Å²) in [4.78, 5) is 11.1. The molecule has 76 valence electrons. The van der Waals surface area contributed by atoms with Gasteiger partial charge in [-0.25, -0.2) is 8.78 Å². The maximum Gasteiger partial charge on any atom is 0.266 e. The van der Waals surface area contributed by atoms with Crippen molar-refractivity contribution in [3.63, 3.8) is 0 Å². The Kier molecular flexibility index (Phi) is 3.06. The van der Waals surface area contributed by atoms with Gasteiger partial charge in [-0.05, 0) is 19.1 Å². The summed E-state index contributed by atoms with van der Waals surface area (Å²) in [5, 5.41) is 0.00185. The van der Waals surface area contributed by atoms with Crippen molar-refractivity contribution in [1.29, 1.82) is 0 Å². The number of alkyl halides is 2. The Morgan fingerprint density at radius 3 is 2.43 bits per heavy atom. The zero-order chi connectivity index (χ0) is 10.9. The minimum atomic E-state index is -2.80. The summed E-state index contributed by atoms with van der Waals surface area (Å²) in [6, 6.07) is 2.59. The lowest BCUT2D eigenvalue weighted by Crippen LogP contribution is -2.05. The number of carbonyl (C=O) groups excluding carboxylic acids is 1. The second-order valence-corrected chi connectivity index (χ2v) is 3.19. The summed E-state index contributed by atoms with van der Waals surface area (Å²) in [6.45, 7) is 1.17. The molecular weight excluding hydrogens is 212 g/mol. The molecule has 2 nitrogen and oxygen atoms in total. The highest BCUT2D eigenvalue weighted by molar-refractivity contribution is 6.34. The van der Waals surface area contributed by atoms with Crippen molar-refractivity contribution in [1.82, 2.24) is 0 Å². The molecule has 1 rings (SSSR count). The van der Waals surface area contributed by atoms with E-state index in [9.17, 15) is 13.6 Å². The van der Waals surface area contributed by atoms with E-state index in [2.05, 4.69) is 0 Å². The largest absolute Gasteiger partial charge is 0.398 e. The van der Waals surface area contributed by atoms with Crippen LogP contribution in [0.15, 0.2) is 12.1 Å². The maximum absolute atomic E-state index is 12.5. The molecule has 14 heavy (non-hydrogen) atoms. The van der Waals surface area contributed by atoms with E-state index in [1.54, 1.807) is 0 Å². The summed E-state index contributed by atoms with van der Waals surface area (Å²) < 4.78 is 25.1. The van der Waals surface area contributed by atoms with Gasteiger partial charge in [-0.15, -0.1) is 0 Å². The number of Topliss-reactive ketones (excluding diaryl/α,β-unsaturated/α-hetero) is 1. The fourth-order valence-corrected chi connectivity index (χ4v) is 1.50. The molecule has 1 aromatic carbocycles. The summed E-state index contributed by atoms with van der Waals surface area (Å²) in [7, 11) is 0. The van der Waals surface area contributed by atoms with Crippen molar-refractivity contribution in [3.8, 4) is 0 Å². The van der Waals surface area contributed by atoms with E-state index >= 15 is 0 Å². The second kappa shape index (κ2) is 3.92. The third-order valence-corrected chi connectivity index (χ3v) is 2.11. The Morgan fingerprint density at radius 2 is 2.07 bits per heavy atom. The van der Waals surface area contributed by atoms with Crippen LogP contribution in [-0.4, -0.2) is 5.78 Å². The van der Waals surface area contributed by atoms with E-state index in [1.165, 1.54) is 19.1 Å². The van der Waals surface area contributed by atoms with Gasteiger partial charge in [0, 0.05) is 11.3 Å². The molecule has 0 aromatic heterocycles. The molecule has 0 atom stereocenters. The molecule has 0 amide bonds. The van der Waals surface area contributed by atoms with Gasteiger partial charge >= 0.3 is 0 Å². The number of rotatable bonds is 2. The predicted octanol–water partition coefficient (Wildman–Crippen LogP) is 3.06. The number of halogens is 3. The summed E-state index contributed by atoms with van der Waals surface area (Å²) in [6.07, 6.45) is -2.80. The van der Waals surface area contributed by atoms with E-state index in [4.69, 9.17) is 17.3 Å². The zero-order valence-corrected chi connectivity index (χ0v) is 8.11. The standard InChI is InChI=1S/C9H8ClF2NO/c1-4(14)7-5(10)2-3-6(13)8(7)9(11)12/h2-3,9H,13H2,1H3. The molecule has 0 aliphatic heterocycles. The fraction of sp³-hybridized carbons (Fsp3) is 0.222. The number of nitrogens with two attached hydrogens (primary N) is 1. The SMILES string of the molecule is CC(=O)c1c(Cl)ccc(N)c1C(F)F. The van der Waals surface area contributed by atoms with Gasteiger partial charge in [0.15, 0.2) is 5.78 Å². The lowest BCUT2D eigenvalue weighted by molar-refractivity contribution is 0.0999. The van der Waals surface area contributed by atoms with Crippen molar-refractivity contribution in [2.24, 2.45) is 0 Å². The molecule has 0 heterocycles. The summed E-state index contributed by atoms with van der Waals surface area (Å²) >= 11 is 5.63. The van der Waals surface area contributed by atoms with Gasteiger partial charge in [0.1, 0.15) is 0 Å². The molecule has 1 aromatic rings. The van der Waals surface area contributed by atoms with Crippen LogP contribution in [0, 0.1) is 0 Å². The van der Waals surface area contributed by atoms with E-state index in [0.717, 1.165) is 0 Å². The van der Waals surface area contributed by atoms with Crippen LogP contribution in [-0.2, 0) is 0 Å². The van der Waals surface area contributed by atoms with Crippen molar-refractivity contribution in [2.45, 2.75) is 13.3 Å². The zero-order valence-electron chi connectivity index (χ0n) is 7.35. The normalized spacial score (nSPS) is 10.6. The van der Waals surface area contributed by atoms with Gasteiger partial charge < -0.3 is 5.73 Å². The molecule has 0 unspecified atom stereocenters. The molecule has 0 aliphatic carbocycles. The summed E-state index contributed by atoms with van der Waals surface area (Å²) in [5.74, 6) is -0.516. The first-order chi connectivity index (χ1) is 6.45. The number of carbonyl (C=O) groups is 1. The monoisotopic (exact) mass is 219 g/mol. The Bertz CT molecular complexity index is 379. The van der Waals surface area contributed by atoms with Gasteiger partial charge in [0.05, 0.1) is 10.6 Å². The predicted molar refractivity (Wildman–Crippen MR) is 50.8 cm³/mol. The number of anilines is 1. The third kappa shape index (κ3) is 1.85. The molecule has 0 radical (unpaired) electrons. The number of nitrogen functional groups attached to an aromatic ring is 1. The van der Waals surface area contributed by atoms with E-state index in [1.807, 2.05) is 0 Å². The summed E-state index contributed by atoms with van der Waals surface area (Å²) in [5.41, 5.74) is 4.55. The first-order valence-electron chi connectivity index (χ1n) is 3.82. The molecular formula is C9H8ClF2NO. The van der Waals surface area contributed by atoms with Crippen molar-refractivity contribution < 1.29 is 13.6 Å². The first-order valence-corrected chi connectivity index (χ1v) is 4.20.